The number of aromatic nitrogens is 3. The Morgan fingerprint density at radius 2 is 2.03 bits per heavy atom. The fraction of sp³-hybridized carbons (Fsp3) is 0.100. The minimum Gasteiger partial charge on any atom is -0.497 e. The molecule has 2 aromatic carbocycles. The van der Waals surface area contributed by atoms with E-state index in [2.05, 4.69) is 20.5 Å². The largest absolute Gasteiger partial charge is 0.497 e. The predicted octanol–water partition coefficient (Wildman–Crippen LogP) is 4.81. The molecule has 7 nitrogen and oxygen atoms in total. The molecule has 0 spiro atoms. The van der Waals surface area contributed by atoms with E-state index in [1.165, 1.54) is 11.3 Å². The Morgan fingerprint density at radius 3 is 2.80 bits per heavy atom. The molecule has 0 saturated heterocycles. The van der Waals surface area contributed by atoms with Gasteiger partial charge in [0.25, 0.3) is 0 Å². The third kappa shape index (κ3) is 4.96. The maximum atomic E-state index is 11.2. The molecule has 4 rings (SSSR count). The van der Waals surface area contributed by atoms with Gasteiger partial charge in [-0.2, -0.15) is 0 Å². The number of thioether (sulfide) groups is 1. The van der Waals surface area contributed by atoms with Crippen molar-refractivity contribution in [3.05, 3.63) is 65.2 Å². The van der Waals surface area contributed by atoms with Crippen LogP contribution in [0.5, 0.6) is 5.75 Å². The maximum absolute atomic E-state index is 11.2. The molecule has 2 aromatic heterocycles. The van der Waals surface area contributed by atoms with Crippen molar-refractivity contribution in [2.45, 2.75) is 10.1 Å². The van der Waals surface area contributed by atoms with Crippen LogP contribution in [0, 0.1) is 0 Å². The number of nitrogens with zero attached hydrogens (tertiary/aromatic N) is 3. The monoisotopic (exact) mass is 455 g/mol. The van der Waals surface area contributed by atoms with E-state index < -0.39 is 5.91 Å². The molecule has 0 fully saturated rings. The number of thiazole rings is 1. The molecule has 0 aliphatic carbocycles. The van der Waals surface area contributed by atoms with E-state index in [9.17, 15) is 4.79 Å². The Bertz CT molecular complexity index is 1160. The van der Waals surface area contributed by atoms with Gasteiger partial charge in [0.15, 0.2) is 4.34 Å². The zero-order valence-corrected chi connectivity index (χ0v) is 18.3. The van der Waals surface area contributed by atoms with Gasteiger partial charge >= 0.3 is 0 Å². The summed E-state index contributed by atoms with van der Waals surface area (Å²) in [6.07, 6.45) is 0. The summed E-state index contributed by atoms with van der Waals surface area (Å²) in [5.74, 6) is 1.04. The average Bonchev–Trinajstić information content (AvgIpc) is 3.42. The molecule has 1 amide bonds. The van der Waals surface area contributed by atoms with E-state index in [4.69, 9.17) is 10.5 Å². The molecule has 10 heteroatoms. The number of benzene rings is 2. The molecule has 0 radical (unpaired) electrons. The summed E-state index contributed by atoms with van der Waals surface area (Å²) in [6, 6.07) is 14.8. The summed E-state index contributed by atoms with van der Waals surface area (Å²) in [6.45, 7) is 0. The first kappa shape index (κ1) is 20.3. The van der Waals surface area contributed by atoms with Crippen molar-refractivity contribution < 1.29 is 9.53 Å². The Kier molecular flexibility index (Phi) is 6.26. The molecule has 0 aliphatic rings. The smallest absolute Gasteiger partial charge is 0.248 e. The Labute approximate surface area is 185 Å². The molecule has 30 heavy (non-hydrogen) atoms. The van der Waals surface area contributed by atoms with E-state index in [1.807, 2.05) is 41.8 Å². The second-order valence-electron chi connectivity index (χ2n) is 6.10. The van der Waals surface area contributed by atoms with E-state index >= 15 is 0 Å². The SMILES string of the molecule is COc1cccc(Nc2nnc(SCc3csc(-c4ccc(C(N)=O)cc4)n3)s2)c1. The standard InChI is InChI=1S/C20H17N5O2S3/c1-27-16-4-2-3-14(9-16)23-19-24-25-20(30-19)29-11-15-10-28-18(22-15)13-7-5-12(6-8-13)17(21)26/h2-10H,11H2,1H3,(H2,21,26)(H,23,24). The number of anilines is 2. The van der Waals surface area contributed by atoms with Gasteiger partial charge in [-0.1, -0.05) is 41.3 Å². The number of rotatable bonds is 8. The first-order valence-electron chi connectivity index (χ1n) is 8.83. The van der Waals surface area contributed by atoms with E-state index in [0.29, 0.717) is 11.3 Å². The van der Waals surface area contributed by atoms with Crippen molar-refractivity contribution in [3.63, 3.8) is 0 Å². The minimum atomic E-state index is -0.435. The Hall–Kier alpha value is -2.95. The highest BCUT2D eigenvalue weighted by Gasteiger charge is 2.10. The molecule has 152 valence electrons. The number of nitrogens with one attached hydrogen (secondary N) is 1. The van der Waals surface area contributed by atoms with Crippen molar-refractivity contribution in [1.29, 1.82) is 0 Å². The summed E-state index contributed by atoms with van der Waals surface area (Å²) >= 11 is 4.64. The highest BCUT2D eigenvalue weighted by Crippen LogP contribution is 2.32. The van der Waals surface area contributed by atoms with Gasteiger partial charge in [-0.25, -0.2) is 4.98 Å². The van der Waals surface area contributed by atoms with E-state index in [0.717, 1.165) is 37.2 Å². The summed E-state index contributed by atoms with van der Waals surface area (Å²) in [4.78, 5) is 15.9. The first-order chi connectivity index (χ1) is 14.6. The number of hydrogen-bond acceptors (Lipinski definition) is 9. The zero-order valence-electron chi connectivity index (χ0n) is 15.9. The van der Waals surface area contributed by atoms with Crippen LogP contribution in [0.2, 0.25) is 0 Å². The summed E-state index contributed by atoms with van der Waals surface area (Å²) in [5.41, 5.74) is 8.60. The Balaban J connectivity index is 1.36. The van der Waals surface area contributed by atoms with Gasteiger partial charge in [0, 0.05) is 34.0 Å². The van der Waals surface area contributed by atoms with E-state index in [-0.39, 0.29) is 0 Å². The lowest BCUT2D eigenvalue weighted by Gasteiger charge is -2.04. The second-order valence-corrected chi connectivity index (χ2v) is 9.16. The number of ether oxygens (including phenoxy) is 1. The van der Waals surface area contributed by atoms with Crippen LogP contribution in [0.4, 0.5) is 10.8 Å². The summed E-state index contributed by atoms with van der Waals surface area (Å²) < 4.78 is 6.09. The number of methoxy groups -OCH3 is 1. The van der Waals surface area contributed by atoms with Gasteiger partial charge in [0.2, 0.25) is 11.0 Å². The van der Waals surface area contributed by atoms with Crippen molar-refractivity contribution in [3.8, 4) is 16.3 Å². The van der Waals surface area contributed by atoms with Crippen LogP contribution in [0.15, 0.2) is 58.3 Å². The minimum absolute atomic E-state index is 0.435. The number of carbonyl (C=O) groups is 1. The number of primary amides is 1. The van der Waals surface area contributed by atoms with Gasteiger partial charge < -0.3 is 15.8 Å². The quantitative estimate of drug-likeness (QED) is 0.368. The molecule has 0 saturated carbocycles. The topological polar surface area (TPSA) is 103 Å². The lowest BCUT2D eigenvalue weighted by atomic mass is 10.1. The van der Waals surface area contributed by atoms with Gasteiger partial charge in [-0.05, 0) is 24.3 Å². The molecule has 0 unspecified atom stereocenters. The fourth-order valence-corrected chi connectivity index (χ4v) is 5.16. The number of nitrogens with two attached hydrogens (primary N) is 1. The molecule has 0 bridgehead atoms. The molecule has 4 aromatic rings. The van der Waals surface area contributed by atoms with Crippen molar-refractivity contribution in [1.82, 2.24) is 15.2 Å². The van der Waals surface area contributed by atoms with Crippen molar-refractivity contribution in [2.24, 2.45) is 5.73 Å². The van der Waals surface area contributed by atoms with Crippen LogP contribution >= 0.6 is 34.4 Å². The van der Waals surface area contributed by atoms with Crippen LogP contribution in [0.3, 0.4) is 0 Å². The third-order valence-corrected chi connectivity index (χ3v) is 6.98. The molecule has 3 N–H and O–H groups in total. The highest BCUT2D eigenvalue weighted by molar-refractivity contribution is 8.00. The van der Waals surface area contributed by atoms with Crippen molar-refractivity contribution >= 4 is 51.2 Å². The van der Waals surface area contributed by atoms with Gasteiger partial charge in [0.1, 0.15) is 10.8 Å². The lowest BCUT2D eigenvalue weighted by molar-refractivity contribution is 0.100. The molecule has 0 atom stereocenters. The van der Waals surface area contributed by atoms with Gasteiger partial charge in [-0.3, -0.25) is 4.79 Å². The second kappa shape index (κ2) is 9.24. The average molecular weight is 456 g/mol. The molecule has 0 aliphatic heterocycles. The van der Waals surface area contributed by atoms with Crippen molar-refractivity contribution in [2.75, 3.05) is 12.4 Å². The summed E-state index contributed by atoms with van der Waals surface area (Å²) in [5, 5.41) is 15.3. The third-order valence-electron chi connectivity index (χ3n) is 4.04. The van der Waals surface area contributed by atoms with Crippen LogP contribution in [0.25, 0.3) is 10.6 Å². The fourth-order valence-electron chi connectivity index (χ4n) is 2.56. The number of carbonyl (C=O) groups excluding carboxylic acids is 1. The molecule has 2 heterocycles. The van der Waals surface area contributed by atoms with Gasteiger partial charge in [-0.15, -0.1) is 21.5 Å². The van der Waals surface area contributed by atoms with Gasteiger partial charge in [0.05, 0.1) is 12.8 Å². The number of hydrogen-bond donors (Lipinski definition) is 2. The van der Waals surface area contributed by atoms with Crippen LogP contribution in [-0.2, 0) is 5.75 Å². The van der Waals surface area contributed by atoms with Crippen LogP contribution < -0.4 is 15.8 Å². The van der Waals surface area contributed by atoms with Crippen LogP contribution in [-0.4, -0.2) is 28.2 Å². The maximum Gasteiger partial charge on any atom is 0.248 e. The van der Waals surface area contributed by atoms with Crippen LogP contribution in [0.1, 0.15) is 16.1 Å². The first-order valence-corrected chi connectivity index (χ1v) is 11.5. The Morgan fingerprint density at radius 1 is 1.20 bits per heavy atom. The summed E-state index contributed by atoms with van der Waals surface area (Å²) in [7, 11) is 1.64. The van der Waals surface area contributed by atoms with E-state index in [1.54, 1.807) is 42.3 Å². The zero-order chi connectivity index (χ0) is 20.9. The normalized spacial score (nSPS) is 10.7. The molecular weight excluding hydrogens is 438 g/mol. The predicted molar refractivity (Wildman–Crippen MR) is 122 cm³/mol. The molecular formula is C20H17N5O2S3. The number of amides is 1. The highest BCUT2D eigenvalue weighted by atomic mass is 32.2. The lowest BCUT2D eigenvalue weighted by Crippen LogP contribution is -2.10.